The lowest BCUT2D eigenvalue weighted by atomic mass is 10.2. The van der Waals surface area contributed by atoms with Gasteiger partial charge in [-0.05, 0) is 32.0 Å². The minimum absolute atomic E-state index is 0.0495. The van der Waals surface area contributed by atoms with E-state index < -0.39 is 27.6 Å². The molecule has 0 unspecified atom stereocenters. The molecule has 1 aromatic carbocycles. The highest BCUT2D eigenvalue weighted by atomic mass is 32.2. The molecule has 27 heavy (non-hydrogen) atoms. The number of aromatic nitrogens is 2. The summed E-state index contributed by atoms with van der Waals surface area (Å²) in [5.41, 5.74) is 0.398. The van der Waals surface area contributed by atoms with Crippen LogP contribution in [0.25, 0.3) is 10.9 Å². The second-order valence-corrected chi connectivity index (χ2v) is 7.97. The normalized spacial score (nSPS) is 12.1. The van der Waals surface area contributed by atoms with Crippen molar-refractivity contribution in [2.75, 3.05) is 5.32 Å². The summed E-state index contributed by atoms with van der Waals surface area (Å²) in [7, 11) is -2.45. The lowest BCUT2D eigenvalue weighted by Gasteiger charge is -2.12. The van der Waals surface area contributed by atoms with Crippen LogP contribution in [-0.2, 0) is 17.1 Å². The molecule has 0 aliphatic heterocycles. The van der Waals surface area contributed by atoms with E-state index in [-0.39, 0.29) is 28.0 Å². The summed E-state index contributed by atoms with van der Waals surface area (Å²) in [6, 6.07) is 4.19. The highest BCUT2D eigenvalue weighted by Gasteiger charge is 2.29. The number of nitrogens with zero attached hydrogens (tertiary/aromatic N) is 1. The average Bonchev–Trinajstić information content (AvgIpc) is 3.08. The molecule has 0 spiro atoms. The monoisotopic (exact) mass is 396 g/mol. The number of aromatic amines is 1. The first-order valence-electron chi connectivity index (χ1n) is 8.06. The summed E-state index contributed by atoms with van der Waals surface area (Å²) in [5.74, 6) is -2.79. The smallest absolute Gasteiger partial charge is 0.273 e. The fourth-order valence-corrected chi connectivity index (χ4v) is 4.53. The summed E-state index contributed by atoms with van der Waals surface area (Å²) < 4.78 is 55.5. The molecule has 0 radical (unpaired) electrons. The van der Waals surface area contributed by atoms with Gasteiger partial charge in [0.25, 0.3) is 15.9 Å². The molecule has 3 aromatic rings. The zero-order chi connectivity index (χ0) is 19.9. The van der Waals surface area contributed by atoms with Gasteiger partial charge >= 0.3 is 0 Å². The summed E-state index contributed by atoms with van der Waals surface area (Å²) in [4.78, 5) is 15.6. The number of carbonyl (C=O) groups excluding carboxylic acids is 1. The highest BCUT2D eigenvalue weighted by molar-refractivity contribution is 7.89. The molecule has 144 valence electrons. The number of hydrogen-bond donors (Lipinski definition) is 3. The molecule has 2 heterocycles. The van der Waals surface area contributed by atoms with E-state index in [0.717, 1.165) is 12.1 Å². The van der Waals surface area contributed by atoms with E-state index in [9.17, 15) is 22.0 Å². The lowest BCUT2D eigenvalue weighted by molar-refractivity contribution is 0.102. The summed E-state index contributed by atoms with van der Waals surface area (Å²) in [5, 5.41) is 2.76. The molecule has 0 aliphatic rings. The molecule has 0 atom stereocenters. The second kappa shape index (κ2) is 6.78. The molecule has 3 N–H and O–H groups in total. The number of benzene rings is 1. The molecule has 7 nitrogen and oxygen atoms in total. The molecule has 1 amide bonds. The Kier molecular flexibility index (Phi) is 4.79. The summed E-state index contributed by atoms with van der Waals surface area (Å²) in [6.07, 6.45) is 1.52. The minimum Gasteiger partial charge on any atom is -0.359 e. The zero-order valence-electron chi connectivity index (χ0n) is 14.8. The van der Waals surface area contributed by atoms with Gasteiger partial charge < -0.3 is 14.9 Å². The van der Waals surface area contributed by atoms with Crippen LogP contribution in [0.3, 0.4) is 0 Å². The molecule has 0 saturated carbocycles. The van der Waals surface area contributed by atoms with Crippen LogP contribution in [0, 0.1) is 11.6 Å². The number of fused-ring (bicyclic) bond motifs is 1. The molecule has 0 aliphatic carbocycles. The fourth-order valence-electron chi connectivity index (χ4n) is 2.91. The number of halogens is 2. The van der Waals surface area contributed by atoms with Crippen LogP contribution in [0.5, 0.6) is 0 Å². The quantitative estimate of drug-likeness (QED) is 0.619. The van der Waals surface area contributed by atoms with E-state index >= 15 is 0 Å². The van der Waals surface area contributed by atoms with Gasteiger partial charge in [-0.1, -0.05) is 0 Å². The van der Waals surface area contributed by atoms with Crippen molar-refractivity contribution in [3.05, 3.63) is 47.8 Å². The first kappa shape index (κ1) is 19.1. The molecular formula is C17H18F2N4O3S. The van der Waals surface area contributed by atoms with Gasteiger partial charge in [0.15, 0.2) is 16.7 Å². The van der Waals surface area contributed by atoms with Gasteiger partial charge in [-0.25, -0.2) is 21.9 Å². The zero-order valence-corrected chi connectivity index (χ0v) is 15.6. The van der Waals surface area contributed by atoms with Crippen molar-refractivity contribution in [2.45, 2.75) is 24.9 Å². The Morgan fingerprint density at radius 3 is 2.52 bits per heavy atom. The number of H-pyrrole nitrogens is 1. The Morgan fingerprint density at radius 1 is 1.19 bits per heavy atom. The Morgan fingerprint density at radius 2 is 1.89 bits per heavy atom. The number of rotatable bonds is 5. The van der Waals surface area contributed by atoms with Gasteiger partial charge in [0, 0.05) is 36.4 Å². The van der Waals surface area contributed by atoms with Gasteiger partial charge in [0.2, 0.25) is 0 Å². The van der Waals surface area contributed by atoms with Crippen molar-refractivity contribution < 1.29 is 22.0 Å². The number of carbonyl (C=O) groups is 1. The standard InChI is InChI=1S/C17H18F2N4O3S/c1-9(2)22-27(25,26)17-14-11(6-7-20-14)15(23(17)3)16(24)21-10-4-5-12(18)13(19)8-10/h4-9,20,22H,1-3H3,(H,21,24). The average molecular weight is 396 g/mol. The Bertz CT molecular complexity index is 1130. The Balaban J connectivity index is 2.07. The number of hydrogen-bond acceptors (Lipinski definition) is 3. The van der Waals surface area contributed by atoms with E-state index in [1.807, 2.05) is 0 Å². The minimum atomic E-state index is -3.89. The second-order valence-electron chi connectivity index (χ2n) is 6.34. The van der Waals surface area contributed by atoms with E-state index in [0.29, 0.717) is 5.39 Å². The lowest BCUT2D eigenvalue weighted by Crippen LogP contribution is -2.32. The first-order chi connectivity index (χ1) is 12.6. The SMILES string of the molecule is CC(C)NS(=O)(=O)c1c2[nH]ccc2c(C(=O)Nc2ccc(F)c(F)c2)n1C. The van der Waals surface area contributed by atoms with Crippen molar-refractivity contribution in [3.8, 4) is 0 Å². The van der Waals surface area contributed by atoms with E-state index in [2.05, 4.69) is 15.0 Å². The third-order valence-corrected chi connectivity index (χ3v) is 5.66. The van der Waals surface area contributed by atoms with Crippen LogP contribution in [0.2, 0.25) is 0 Å². The van der Waals surface area contributed by atoms with Crippen LogP contribution >= 0.6 is 0 Å². The van der Waals surface area contributed by atoms with Crippen molar-refractivity contribution in [3.63, 3.8) is 0 Å². The van der Waals surface area contributed by atoms with Crippen molar-refractivity contribution in [1.82, 2.24) is 14.3 Å². The Hall–Kier alpha value is -2.72. The first-order valence-corrected chi connectivity index (χ1v) is 9.54. The van der Waals surface area contributed by atoms with Gasteiger partial charge in [-0.15, -0.1) is 0 Å². The number of anilines is 1. The summed E-state index contributed by atoms with van der Waals surface area (Å²) >= 11 is 0. The molecular weight excluding hydrogens is 378 g/mol. The molecule has 3 rings (SSSR count). The van der Waals surface area contributed by atoms with Crippen molar-refractivity contribution in [2.24, 2.45) is 7.05 Å². The fraction of sp³-hybridized carbons (Fsp3) is 0.235. The van der Waals surface area contributed by atoms with Crippen LogP contribution in [0.15, 0.2) is 35.5 Å². The summed E-state index contributed by atoms with van der Waals surface area (Å²) in [6.45, 7) is 3.37. The van der Waals surface area contributed by atoms with E-state index in [1.54, 1.807) is 19.9 Å². The third kappa shape index (κ3) is 3.45. The van der Waals surface area contributed by atoms with Crippen LogP contribution in [0.4, 0.5) is 14.5 Å². The molecule has 2 aromatic heterocycles. The third-order valence-electron chi connectivity index (χ3n) is 3.89. The van der Waals surface area contributed by atoms with E-state index in [1.165, 1.54) is 23.9 Å². The number of nitrogens with one attached hydrogen (secondary N) is 3. The maximum Gasteiger partial charge on any atom is 0.273 e. The van der Waals surface area contributed by atoms with E-state index in [4.69, 9.17) is 0 Å². The number of sulfonamides is 1. The Labute approximate surface area is 154 Å². The van der Waals surface area contributed by atoms with Crippen molar-refractivity contribution >= 4 is 32.5 Å². The largest absolute Gasteiger partial charge is 0.359 e. The maximum absolute atomic E-state index is 13.4. The van der Waals surface area contributed by atoms with Gasteiger partial charge in [-0.2, -0.15) is 0 Å². The predicted octanol–water partition coefficient (Wildman–Crippen LogP) is 2.72. The van der Waals surface area contributed by atoms with Gasteiger partial charge in [0.1, 0.15) is 5.69 Å². The van der Waals surface area contributed by atoms with Crippen molar-refractivity contribution in [1.29, 1.82) is 0 Å². The molecule has 10 heteroatoms. The van der Waals surface area contributed by atoms with Crippen LogP contribution < -0.4 is 10.0 Å². The highest BCUT2D eigenvalue weighted by Crippen LogP contribution is 2.29. The van der Waals surface area contributed by atoms with Crippen LogP contribution in [-0.4, -0.2) is 29.9 Å². The molecule has 0 bridgehead atoms. The molecule has 0 fully saturated rings. The van der Waals surface area contributed by atoms with Gasteiger partial charge in [0.05, 0.1) is 5.52 Å². The van der Waals surface area contributed by atoms with Crippen LogP contribution in [0.1, 0.15) is 24.3 Å². The molecule has 0 saturated heterocycles. The van der Waals surface area contributed by atoms with Gasteiger partial charge in [-0.3, -0.25) is 4.79 Å². The predicted molar refractivity (Wildman–Crippen MR) is 97.0 cm³/mol. The number of amides is 1. The maximum atomic E-state index is 13.4. The topological polar surface area (TPSA) is 96.0 Å².